The summed E-state index contributed by atoms with van der Waals surface area (Å²) >= 11 is 0. The lowest BCUT2D eigenvalue weighted by molar-refractivity contribution is -0.149. The van der Waals surface area contributed by atoms with Crippen LogP contribution >= 0.6 is 0 Å². The summed E-state index contributed by atoms with van der Waals surface area (Å²) in [5, 5.41) is 10.6. The number of nitrogens with zero attached hydrogens (tertiary/aromatic N) is 1. The minimum atomic E-state index is -0.449. The Morgan fingerprint density at radius 1 is 1.25 bits per heavy atom. The molecule has 1 aromatic carbocycles. The molecule has 1 atom stereocenters. The van der Waals surface area contributed by atoms with Crippen LogP contribution in [0, 0.1) is 11.3 Å². The molecule has 0 radical (unpaired) electrons. The van der Waals surface area contributed by atoms with Crippen molar-refractivity contribution in [2.75, 3.05) is 32.8 Å². The van der Waals surface area contributed by atoms with Gasteiger partial charge in [-0.3, -0.25) is 4.79 Å². The number of carbonyl (C=O) groups excluding carboxylic acids is 1. The molecule has 1 unspecified atom stereocenters. The first-order chi connectivity index (χ1) is 11.7. The van der Waals surface area contributed by atoms with Gasteiger partial charge in [0.05, 0.1) is 11.5 Å². The quantitative estimate of drug-likeness (QED) is 0.880. The number of hydrogen-bond donors (Lipinski definition) is 2. The zero-order valence-corrected chi connectivity index (χ0v) is 14.2. The Hall–Kier alpha value is -1.43. The van der Waals surface area contributed by atoms with Crippen LogP contribution in [-0.2, 0) is 9.53 Å². The van der Waals surface area contributed by atoms with Gasteiger partial charge >= 0.3 is 0 Å². The van der Waals surface area contributed by atoms with Gasteiger partial charge in [-0.15, -0.1) is 0 Å². The fourth-order valence-electron chi connectivity index (χ4n) is 3.94. The van der Waals surface area contributed by atoms with Gasteiger partial charge in [0.15, 0.2) is 0 Å². The normalized spacial score (nSPS) is 23.0. The first-order valence-electron chi connectivity index (χ1n) is 8.96. The molecule has 3 N–H and O–H groups in total. The largest absolute Gasteiger partial charge is 0.388 e. The smallest absolute Gasteiger partial charge is 0.230 e. The van der Waals surface area contributed by atoms with Gasteiger partial charge in [0.2, 0.25) is 5.91 Å². The molecule has 0 saturated carbocycles. The third-order valence-corrected chi connectivity index (χ3v) is 5.71. The van der Waals surface area contributed by atoms with Gasteiger partial charge in [-0.1, -0.05) is 30.3 Å². The van der Waals surface area contributed by atoms with Crippen molar-refractivity contribution >= 4 is 5.91 Å². The first-order valence-corrected chi connectivity index (χ1v) is 8.96. The third-order valence-electron chi connectivity index (χ3n) is 5.71. The lowest BCUT2D eigenvalue weighted by Crippen LogP contribution is -2.53. The molecule has 0 spiro atoms. The molecule has 2 aliphatic rings. The fourth-order valence-corrected chi connectivity index (χ4v) is 3.94. The molecule has 2 heterocycles. The van der Waals surface area contributed by atoms with Crippen LogP contribution in [-0.4, -0.2) is 48.8 Å². The number of hydrogen-bond acceptors (Lipinski definition) is 4. The second kappa shape index (κ2) is 7.64. The van der Waals surface area contributed by atoms with Gasteiger partial charge in [-0.25, -0.2) is 0 Å². The fraction of sp³-hybridized carbons (Fsp3) is 0.632. The van der Waals surface area contributed by atoms with E-state index in [9.17, 15) is 9.90 Å². The summed E-state index contributed by atoms with van der Waals surface area (Å²) in [7, 11) is 0. The minimum absolute atomic E-state index is 0.181. The van der Waals surface area contributed by atoms with Crippen LogP contribution in [0.1, 0.15) is 37.4 Å². The van der Waals surface area contributed by atoms with E-state index < -0.39 is 11.5 Å². The number of benzene rings is 1. The van der Waals surface area contributed by atoms with E-state index >= 15 is 0 Å². The Bertz CT molecular complexity index is 535. The number of ether oxygens (including phenoxy) is 1. The van der Waals surface area contributed by atoms with E-state index in [1.165, 1.54) is 0 Å². The summed E-state index contributed by atoms with van der Waals surface area (Å²) in [6.07, 6.45) is 2.65. The summed E-state index contributed by atoms with van der Waals surface area (Å²) in [6, 6.07) is 9.79. The number of carbonyl (C=O) groups is 1. The van der Waals surface area contributed by atoms with Crippen molar-refractivity contribution in [3.05, 3.63) is 35.9 Å². The molecule has 5 heteroatoms. The van der Waals surface area contributed by atoms with Crippen LogP contribution < -0.4 is 5.73 Å². The molecule has 3 rings (SSSR count). The van der Waals surface area contributed by atoms with Crippen molar-refractivity contribution in [3.8, 4) is 0 Å². The van der Waals surface area contributed by atoms with Crippen molar-refractivity contribution in [2.45, 2.75) is 31.8 Å². The van der Waals surface area contributed by atoms with Crippen LogP contribution in [0.2, 0.25) is 0 Å². The Morgan fingerprint density at radius 2 is 1.88 bits per heavy atom. The van der Waals surface area contributed by atoms with Crippen LogP contribution in [0.5, 0.6) is 0 Å². The second-order valence-electron chi connectivity index (χ2n) is 7.08. The summed E-state index contributed by atoms with van der Waals surface area (Å²) in [4.78, 5) is 14.9. The Morgan fingerprint density at radius 3 is 2.46 bits per heavy atom. The highest BCUT2D eigenvalue weighted by Crippen LogP contribution is 2.35. The number of piperidine rings is 1. The topological polar surface area (TPSA) is 75.8 Å². The Labute approximate surface area is 143 Å². The summed E-state index contributed by atoms with van der Waals surface area (Å²) < 4.78 is 5.40. The van der Waals surface area contributed by atoms with E-state index in [0.717, 1.165) is 31.2 Å². The first kappa shape index (κ1) is 17.4. The average molecular weight is 332 g/mol. The van der Waals surface area contributed by atoms with E-state index in [4.69, 9.17) is 10.5 Å². The molecule has 0 aromatic heterocycles. The number of aliphatic hydroxyl groups excluding tert-OH is 1. The Kier molecular flexibility index (Phi) is 5.54. The van der Waals surface area contributed by atoms with Gasteiger partial charge in [0, 0.05) is 32.8 Å². The van der Waals surface area contributed by atoms with Crippen molar-refractivity contribution in [1.82, 2.24) is 4.90 Å². The van der Waals surface area contributed by atoms with Crippen molar-refractivity contribution in [1.29, 1.82) is 0 Å². The summed E-state index contributed by atoms with van der Waals surface area (Å²) in [6.45, 7) is 3.03. The second-order valence-corrected chi connectivity index (χ2v) is 7.08. The van der Waals surface area contributed by atoms with Gasteiger partial charge in [0.1, 0.15) is 0 Å². The lowest BCUT2D eigenvalue weighted by Gasteiger charge is -2.42. The predicted molar refractivity (Wildman–Crippen MR) is 92.2 cm³/mol. The number of nitrogens with two attached hydrogens (primary N) is 1. The number of rotatable bonds is 4. The number of likely N-dealkylation sites (tertiary alicyclic amines) is 1. The van der Waals surface area contributed by atoms with Gasteiger partial charge < -0.3 is 20.5 Å². The van der Waals surface area contributed by atoms with Crippen molar-refractivity contribution in [2.24, 2.45) is 17.1 Å². The van der Waals surface area contributed by atoms with Gasteiger partial charge in [-0.05, 0) is 37.2 Å². The van der Waals surface area contributed by atoms with Crippen LogP contribution in [0.15, 0.2) is 30.3 Å². The monoisotopic (exact) mass is 332 g/mol. The molecular formula is C19H28N2O3. The van der Waals surface area contributed by atoms with Crippen molar-refractivity contribution < 1.29 is 14.6 Å². The zero-order chi connectivity index (χ0) is 17.0. The van der Waals surface area contributed by atoms with E-state index in [-0.39, 0.29) is 11.8 Å². The standard InChI is InChI=1S/C19H28N2O3/c20-14-19(8-12-24-13-9-19)18(23)21-10-6-16(7-11-21)17(22)15-4-2-1-3-5-15/h1-5,16-17,22H,6-14,20H2. The molecular weight excluding hydrogens is 304 g/mol. The minimum Gasteiger partial charge on any atom is -0.388 e. The summed E-state index contributed by atoms with van der Waals surface area (Å²) in [5.41, 5.74) is 6.48. The molecule has 1 amide bonds. The molecule has 0 aliphatic carbocycles. The van der Waals surface area contributed by atoms with E-state index in [0.29, 0.717) is 32.8 Å². The zero-order valence-electron chi connectivity index (χ0n) is 14.2. The van der Waals surface area contributed by atoms with Crippen LogP contribution in [0.3, 0.4) is 0 Å². The van der Waals surface area contributed by atoms with Crippen molar-refractivity contribution in [3.63, 3.8) is 0 Å². The highest BCUT2D eigenvalue weighted by molar-refractivity contribution is 5.83. The molecule has 2 aliphatic heterocycles. The average Bonchev–Trinajstić information content (AvgIpc) is 2.68. The molecule has 2 fully saturated rings. The highest BCUT2D eigenvalue weighted by atomic mass is 16.5. The maximum atomic E-state index is 13.0. The number of amides is 1. The van der Waals surface area contributed by atoms with E-state index in [1.54, 1.807) is 0 Å². The third kappa shape index (κ3) is 3.48. The van der Waals surface area contributed by atoms with Crippen LogP contribution in [0.25, 0.3) is 0 Å². The SMILES string of the molecule is NCC1(C(=O)N2CCC(C(O)c3ccccc3)CC2)CCOCC1. The molecule has 132 valence electrons. The maximum absolute atomic E-state index is 13.0. The number of aliphatic hydroxyl groups is 1. The van der Waals surface area contributed by atoms with Gasteiger partial charge in [0.25, 0.3) is 0 Å². The highest BCUT2D eigenvalue weighted by Gasteiger charge is 2.42. The van der Waals surface area contributed by atoms with E-state index in [2.05, 4.69) is 0 Å². The maximum Gasteiger partial charge on any atom is 0.230 e. The molecule has 1 aromatic rings. The molecule has 0 bridgehead atoms. The summed E-state index contributed by atoms with van der Waals surface area (Å²) in [5.74, 6) is 0.390. The molecule has 5 nitrogen and oxygen atoms in total. The molecule has 2 saturated heterocycles. The predicted octanol–water partition coefficient (Wildman–Crippen LogP) is 1.71. The van der Waals surface area contributed by atoms with Crippen LogP contribution in [0.4, 0.5) is 0 Å². The Balaban J connectivity index is 1.59. The van der Waals surface area contributed by atoms with E-state index in [1.807, 2.05) is 35.2 Å². The lowest BCUT2D eigenvalue weighted by atomic mass is 9.78. The molecule has 24 heavy (non-hydrogen) atoms. The van der Waals surface area contributed by atoms with Gasteiger partial charge in [-0.2, -0.15) is 0 Å².